The molecular formula is C18H23NO4. The summed E-state index contributed by atoms with van der Waals surface area (Å²) in [6.45, 7) is 0.395. The van der Waals surface area contributed by atoms with Crippen LogP contribution < -0.4 is 14.8 Å². The molecule has 0 aliphatic carbocycles. The first kappa shape index (κ1) is 17.3. The summed E-state index contributed by atoms with van der Waals surface area (Å²) in [5.74, 6) is 1.50. The molecule has 0 heterocycles. The molecule has 0 aliphatic heterocycles. The van der Waals surface area contributed by atoms with Gasteiger partial charge in [0.15, 0.2) is 0 Å². The molecule has 0 aromatic heterocycles. The molecular weight excluding hydrogens is 294 g/mol. The molecule has 0 aliphatic rings. The Morgan fingerprint density at radius 2 is 1.35 bits per heavy atom. The number of hydrogen-bond acceptors (Lipinski definition) is 5. The molecule has 0 unspecified atom stereocenters. The van der Waals surface area contributed by atoms with Crippen molar-refractivity contribution in [3.8, 4) is 11.5 Å². The second-order valence-corrected chi connectivity index (χ2v) is 5.15. The van der Waals surface area contributed by atoms with Crippen LogP contribution in [0.15, 0.2) is 48.5 Å². The van der Waals surface area contributed by atoms with Crippen LogP contribution in [0, 0.1) is 0 Å². The zero-order chi connectivity index (χ0) is 16.7. The molecule has 2 aromatic rings. The third-order valence-electron chi connectivity index (χ3n) is 3.72. The van der Waals surface area contributed by atoms with Gasteiger partial charge in [0.2, 0.25) is 0 Å². The molecule has 2 rings (SSSR count). The van der Waals surface area contributed by atoms with Crippen LogP contribution in [-0.2, 0) is 0 Å². The number of benzene rings is 2. The van der Waals surface area contributed by atoms with Crippen LogP contribution >= 0.6 is 0 Å². The molecule has 0 fully saturated rings. The van der Waals surface area contributed by atoms with Gasteiger partial charge >= 0.3 is 0 Å². The van der Waals surface area contributed by atoms with Crippen molar-refractivity contribution in [3.63, 3.8) is 0 Å². The van der Waals surface area contributed by atoms with E-state index < -0.39 is 6.10 Å². The highest BCUT2D eigenvalue weighted by atomic mass is 16.5. The molecule has 124 valence electrons. The Morgan fingerprint density at radius 3 is 1.78 bits per heavy atom. The fourth-order valence-electron chi connectivity index (χ4n) is 2.44. The standard InChI is InChI=1S/C18H23NO4/c1-22-15-7-3-13(4-8-15)17(19-11-12-20)18(21)14-5-9-16(23-2)10-6-14/h3-10,17-21H,11-12H2,1-2H3/t17-,18-/m0/s1. The number of hydrogen-bond donors (Lipinski definition) is 3. The molecule has 23 heavy (non-hydrogen) atoms. The largest absolute Gasteiger partial charge is 0.497 e. The Morgan fingerprint density at radius 1 is 0.870 bits per heavy atom. The molecule has 0 radical (unpaired) electrons. The van der Waals surface area contributed by atoms with Crippen molar-refractivity contribution in [2.24, 2.45) is 0 Å². The van der Waals surface area contributed by atoms with Crippen molar-refractivity contribution in [1.82, 2.24) is 5.32 Å². The second kappa shape index (κ2) is 8.53. The number of aliphatic hydroxyl groups excluding tert-OH is 2. The zero-order valence-corrected chi connectivity index (χ0v) is 13.4. The molecule has 5 nitrogen and oxygen atoms in total. The fourth-order valence-corrected chi connectivity index (χ4v) is 2.44. The number of ether oxygens (including phenoxy) is 2. The van der Waals surface area contributed by atoms with Crippen LogP contribution in [-0.4, -0.2) is 37.6 Å². The fraction of sp³-hybridized carbons (Fsp3) is 0.333. The summed E-state index contributed by atoms with van der Waals surface area (Å²) in [7, 11) is 3.22. The molecule has 0 saturated heterocycles. The average Bonchev–Trinajstić information content (AvgIpc) is 2.62. The van der Waals surface area contributed by atoms with E-state index in [1.807, 2.05) is 48.5 Å². The number of rotatable bonds is 8. The van der Waals surface area contributed by atoms with Crippen molar-refractivity contribution < 1.29 is 19.7 Å². The maximum atomic E-state index is 10.7. The van der Waals surface area contributed by atoms with Gasteiger partial charge in [0.25, 0.3) is 0 Å². The predicted molar refractivity (Wildman–Crippen MR) is 88.8 cm³/mol. The topological polar surface area (TPSA) is 71.0 Å². The van der Waals surface area contributed by atoms with E-state index in [4.69, 9.17) is 14.6 Å². The lowest BCUT2D eigenvalue weighted by Gasteiger charge is -2.25. The number of methoxy groups -OCH3 is 2. The van der Waals surface area contributed by atoms with Crippen molar-refractivity contribution in [3.05, 3.63) is 59.7 Å². The SMILES string of the molecule is COc1ccc([C@H](O)[C@@H](NCCO)c2ccc(OC)cc2)cc1. The van der Waals surface area contributed by atoms with Crippen molar-refractivity contribution in [2.75, 3.05) is 27.4 Å². The van der Waals surface area contributed by atoms with Gasteiger partial charge in [0, 0.05) is 6.54 Å². The van der Waals surface area contributed by atoms with Crippen LogP contribution in [0.3, 0.4) is 0 Å². The molecule has 0 bridgehead atoms. The van der Waals surface area contributed by atoms with E-state index in [1.54, 1.807) is 14.2 Å². The highest BCUT2D eigenvalue weighted by Gasteiger charge is 2.22. The van der Waals surface area contributed by atoms with E-state index >= 15 is 0 Å². The van der Waals surface area contributed by atoms with Crippen LogP contribution in [0.25, 0.3) is 0 Å². The first-order valence-corrected chi connectivity index (χ1v) is 7.49. The van der Waals surface area contributed by atoms with Crippen LogP contribution in [0.2, 0.25) is 0 Å². The molecule has 0 amide bonds. The summed E-state index contributed by atoms with van der Waals surface area (Å²) < 4.78 is 10.3. The van der Waals surface area contributed by atoms with E-state index in [-0.39, 0.29) is 12.6 Å². The normalized spacial score (nSPS) is 13.4. The minimum absolute atomic E-state index is 0.00197. The van der Waals surface area contributed by atoms with E-state index in [9.17, 15) is 5.11 Å². The Bertz CT molecular complexity index is 583. The lowest BCUT2D eigenvalue weighted by molar-refractivity contribution is 0.124. The quantitative estimate of drug-likeness (QED) is 0.695. The van der Waals surface area contributed by atoms with Crippen LogP contribution in [0.1, 0.15) is 23.3 Å². The monoisotopic (exact) mass is 317 g/mol. The lowest BCUT2D eigenvalue weighted by atomic mass is 9.95. The first-order chi connectivity index (χ1) is 11.2. The van der Waals surface area contributed by atoms with E-state index in [0.29, 0.717) is 6.54 Å². The summed E-state index contributed by atoms with van der Waals surface area (Å²) in [5, 5.41) is 23.0. The second-order valence-electron chi connectivity index (χ2n) is 5.15. The van der Waals surface area contributed by atoms with Crippen molar-refractivity contribution >= 4 is 0 Å². The molecule has 0 spiro atoms. The first-order valence-electron chi connectivity index (χ1n) is 7.49. The van der Waals surface area contributed by atoms with Gasteiger partial charge in [-0.3, -0.25) is 0 Å². The minimum Gasteiger partial charge on any atom is -0.497 e. The Labute approximate surface area is 136 Å². The molecule has 2 atom stereocenters. The summed E-state index contributed by atoms with van der Waals surface area (Å²) in [5.41, 5.74) is 1.69. The smallest absolute Gasteiger partial charge is 0.118 e. The summed E-state index contributed by atoms with van der Waals surface area (Å²) in [4.78, 5) is 0. The highest BCUT2D eigenvalue weighted by molar-refractivity contribution is 5.33. The van der Waals surface area contributed by atoms with E-state index in [1.165, 1.54) is 0 Å². The van der Waals surface area contributed by atoms with Gasteiger partial charge in [-0.05, 0) is 35.4 Å². The molecule has 5 heteroatoms. The van der Waals surface area contributed by atoms with Gasteiger partial charge in [0.1, 0.15) is 11.5 Å². The third-order valence-corrected chi connectivity index (χ3v) is 3.72. The Kier molecular flexibility index (Phi) is 6.40. The highest BCUT2D eigenvalue weighted by Crippen LogP contribution is 2.30. The summed E-state index contributed by atoms with van der Waals surface area (Å²) in [6.07, 6.45) is -0.749. The van der Waals surface area contributed by atoms with Crippen molar-refractivity contribution in [1.29, 1.82) is 0 Å². The molecule has 2 aromatic carbocycles. The van der Waals surface area contributed by atoms with Crippen LogP contribution in [0.4, 0.5) is 0 Å². The van der Waals surface area contributed by atoms with Gasteiger partial charge in [0.05, 0.1) is 33.0 Å². The Balaban J connectivity index is 2.24. The van der Waals surface area contributed by atoms with Gasteiger partial charge in [-0.2, -0.15) is 0 Å². The zero-order valence-electron chi connectivity index (χ0n) is 13.4. The molecule has 3 N–H and O–H groups in total. The van der Waals surface area contributed by atoms with Gasteiger partial charge in [-0.15, -0.1) is 0 Å². The van der Waals surface area contributed by atoms with Crippen LogP contribution in [0.5, 0.6) is 11.5 Å². The predicted octanol–water partition coefficient (Wildman–Crippen LogP) is 2.06. The maximum absolute atomic E-state index is 10.7. The van der Waals surface area contributed by atoms with E-state index in [2.05, 4.69) is 5.32 Å². The van der Waals surface area contributed by atoms with Gasteiger partial charge in [-0.25, -0.2) is 0 Å². The summed E-state index contributed by atoms with van der Waals surface area (Å²) >= 11 is 0. The number of aliphatic hydroxyl groups is 2. The van der Waals surface area contributed by atoms with Crippen molar-refractivity contribution in [2.45, 2.75) is 12.1 Å². The lowest BCUT2D eigenvalue weighted by Crippen LogP contribution is -2.29. The van der Waals surface area contributed by atoms with Gasteiger partial charge in [-0.1, -0.05) is 24.3 Å². The number of nitrogens with one attached hydrogen (secondary N) is 1. The third kappa shape index (κ3) is 4.45. The van der Waals surface area contributed by atoms with Gasteiger partial charge < -0.3 is 25.0 Å². The maximum Gasteiger partial charge on any atom is 0.118 e. The molecule has 0 saturated carbocycles. The summed E-state index contributed by atoms with van der Waals surface area (Å²) in [6, 6.07) is 14.5. The minimum atomic E-state index is -0.749. The van der Waals surface area contributed by atoms with E-state index in [0.717, 1.165) is 22.6 Å². The average molecular weight is 317 g/mol. The Hall–Kier alpha value is -2.08.